The summed E-state index contributed by atoms with van der Waals surface area (Å²) in [4.78, 5) is 30.3. The Balaban J connectivity index is 1.76. The Morgan fingerprint density at radius 3 is 2.00 bits per heavy atom. The Labute approximate surface area is 127 Å². The quantitative estimate of drug-likeness (QED) is 0.788. The molecular formula is C15H28N4O2. The second-order valence-corrected chi connectivity index (χ2v) is 6.73. The first-order chi connectivity index (χ1) is 9.88. The number of hydrogen-bond donors (Lipinski definition) is 1. The maximum Gasteiger partial charge on any atom is 0.242 e. The van der Waals surface area contributed by atoms with E-state index in [1.165, 1.54) is 6.42 Å². The Morgan fingerprint density at radius 2 is 1.48 bits per heavy atom. The molecule has 2 N–H and O–H groups in total. The second-order valence-electron chi connectivity index (χ2n) is 6.73. The summed E-state index contributed by atoms with van der Waals surface area (Å²) < 4.78 is 0. The van der Waals surface area contributed by atoms with Gasteiger partial charge in [-0.15, -0.1) is 0 Å². The fraction of sp³-hybridized carbons (Fsp3) is 0.867. The third kappa shape index (κ3) is 4.41. The van der Waals surface area contributed by atoms with E-state index in [4.69, 9.17) is 5.73 Å². The summed E-state index contributed by atoms with van der Waals surface area (Å²) in [5.41, 5.74) is 5.04. The van der Waals surface area contributed by atoms with Crippen LogP contribution in [0.25, 0.3) is 0 Å². The standard InChI is InChI=1S/C15H28N4O2/c1-15(2,16)14(21)19-10-8-17(9-11-19)12-13(20)18-6-4-3-5-7-18/h3-12,16H2,1-2H3. The number of nitrogens with two attached hydrogens (primary N) is 1. The average Bonchev–Trinajstić information content (AvgIpc) is 2.47. The van der Waals surface area contributed by atoms with Crippen LogP contribution in [0, 0.1) is 0 Å². The van der Waals surface area contributed by atoms with Gasteiger partial charge in [-0.1, -0.05) is 0 Å². The summed E-state index contributed by atoms with van der Waals surface area (Å²) in [6, 6.07) is 0. The van der Waals surface area contributed by atoms with Gasteiger partial charge in [0.1, 0.15) is 0 Å². The van der Waals surface area contributed by atoms with Gasteiger partial charge in [-0.05, 0) is 33.1 Å². The van der Waals surface area contributed by atoms with Crippen molar-refractivity contribution in [2.45, 2.75) is 38.6 Å². The summed E-state index contributed by atoms with van der Waals surface area (Å²) in [5.74, 6) is 0.220. The van der Waals surface area contributed by atoms with Gasteiger partial charge < -0.3 is 15.5 Å². The van der Waals surface area contributed by atoms with Crippen LogP contribution in [0.2, 0.25) is 0 Å². The van der Waals surface area contributed by atoms with E-state index in [1.54, 1.807) is 13.8 Å². The van der Waals surface area contributed by atoms with Gasteiger partial charge in [0.15, 0.2) is 0 Å². The first kappa shape index (κ1) is 16.2. The lowest BCUT2D eigenvalue weighted by Gasteiger charge is -2.38. The molecule has 2 fully saturated rings. The number of carbonyl (C=O) groups excluding carboxylic acids is 2. The molecule has 2 rings (SSSR count). The molecule has 2 heterocycles. The van der Waals surface area contributed by atoms with Crippen molar-refractivity contribution in [2.24, 2.45) is 5.73 Å². The van der Waals surface area contributed by atoms with Crippen molar-refractivity contribution in [3.05, 3.63) is 0 Å². The zero-order chi connectivity index (χ0) is 15.5. The molecule has 2 aliphatic rings. The first-order valence-electron chi connectivity index (χ1n) is 7.96. The molecule has 0 atom stereocenters. The predicted octanol–water partition coefficient (Wildman–Crippen LogP) is -0.120. The highest BCUT2D eigenvalue weighted by Crippen LogP contribution is 2.11. The Morgan fingerprint density at radius 1 is 0.905 bits per heavy atom. The lowest BCUT2D eigenvalue weighted by Crippen LogP contribution is -2.58. The van der Waals surface area contributed by atoms with Gasteiger partial charge in [0.05, 0.1) is 12.1 Å². The fourth-order valence-electron chi connectivity index (χ4n) is 2.95. The van der Waals surface area contributed by atoms with Crippen molar-refractivity contribution in [3.8, 4) is 0 Å². The summed E-state index contributed by atoms with van der Waals surface area (Å²) in [6.07, 6.45) is 3.48. The van der Waals surface area contributed by atoms with Crippen molar-refractivity contribution in [1.82, 2.24) is 14.7 Å². The maximum absolute atomic E-state index is 12.2. The highest BCUT2D eigenvalue weighted by atomic mass is 16.2. The number of carbonyl (C=O) groups is 2. The third-order valence-electron chi connectivity index (χ3n) is 4.28. The summed E-state index contributed by atoms with van der Waals surface area (Å²) in [6.45, 7) is 8.58. The fourth-order valence-corrected chi connectivity index (χ4v) is 2.95. The largest absolute Gasteiger partial charge is 0.342 e. The van der Waals surface area contributed by atoms with Crippen molar-refractivity contribution in [3.63, 3.8) is 0 Å². The van der Waals surface area contributed by atoms with E-state index in [1.807, 2.05) is 9.80 Å². The summed E-state index contributed by atoms with van der Waals surface area (Å²) >= 11 is 0. The molecule has 0 saturated carbocycles. The van der Waals surface area contributed by atoms with Crippen molar-refractivity contribution in [2.75, 3.05) is 45.8 Å². The Bertz CT molecular complexity index is 378. The van der Waals surface area contributed by atoms with Crippen LogP contribution in [-0.2, 0) is 9.59 Å². The van der Waals surface area contributed by atoms with Crippen LogP contribution in [0.4, 0.5) is 0 Å². The minimum atomic E-state index is -0.814. The Kier molecular flexibility index (Phi) is 5.22. The Hall–Kier alpha value is -1.14. The highest BCUT2D eigenvalue weighted by molar-refractivity contribution is 5.85. The highest BCUT2D eigenvalue weighted by Gasteiger charge is 2.31. The van der Waals surface area contributed by atoms with Crippen LogP contribution in [0.1, 0.15) is 33.1 Å². The number of hydrogen-bond acceptors (Lipinski definition) is 4. The van der Waals surface area contributed by atoms with Crippen molar-refractivity contribution in [1.29, 1.82) is 0 Å². The van der Waals surface area contributed by atoms with Gasteiger partial charge >= 0.3 is 0 Å². The van der Waals surface area contributed by atoms with E-state index in [0.29, 0.717) is 19.6 Å². The van der Waals surface area contributed by atoms with Gasteiger partial charge in [-0.2, -0.15) is 0 Å². The molecular weight excluding hydrogens is 268 g/mol. The van der Waals surface area contributed by atoms with Crippen LogP contribution in [0.15, 0.2) is 0 Å². The smallest absolute Gasteiger partial charge is 0.242 e. The van der Waals surface area contributed by atoms with E-state index in [2.05, 4.69) is 4.90 Å². The zero-order valence-electron chi connectivity index (χ0n) is 13.3. The molecule has 2 amide bonds. The molecule has 2 aliphatic heterocycles. The van der Waals surface area contributed by atoms with Crippen LogP contribution in [0.5, 0.6) is 0 Å². The predicted molar refractivity (Wildman–Crippen MR) is 81.7 cm³/mol. The topological polar surface area (TPSA) is 69.9 Å². The molecule has 0 aromatic rings. The molecule has 0 aromatic carbocycles. The van der Waals surface area contributed by atoms with E-state index in [-0.39, 0.29) is 11.8 Å². The van der Waals surface area contributed by atoms with E-state index in [0.717, 1.165) is 39.0 Å². The van der Waals surface area contributed by atoms with Crippen LogP contribution < -0.4 is 5.73 Å². The molecule has 0 aliphatic carbocycles. The SMILES string of the molecule is CC(C)(N)C(=O)N1CCN(CC(=O)N2CCCCC2)CC1. The van der Waals surface area contributed by atoms with Gasteiger partial charge in [0.2, 0.25) is 11.8 Å². The van der Waals surface area contributed by atoms with Crippen molar-refractivity contribution < 1.29 is 9.59 Å². The second kappa shape index (κ2) is 6.75. The molecule has 2 saturated heterocycles. The lowest BCUT2D eigenvalue weighted by atomic mass is 10.0. The molecule has 6 nitrogen and oxygen atoms in total. The summed E-state index contributed by atoms with van der Waals surface area (Å²) in [7, 11) is 0. The van der Waals surface area contributed by atoms with E-state index >= 15 is 0 Å². The molecule has 120 valence electrons. The number of likely N-dealkylation sites (tertiary alicyclic amines) is 1. The van der Waals surface area contributed by atoms with Gasteiger partial charge in [0, 0.05) is 39.3 Å². The van der Waals surface area contributed by atoms with Crippen LogP contribution in [-0.4, -0.2) is 77.9 Å². The average molecular weight is 296 g/mol. The number of piperidine rings is 1. The van der Waals surface area contributed by atoms with Gasteiger partial charge in [0.25, 0.3) is 0 Å². The number of rotatable bonds is 3. The number of amides is 2. The van der Waals surface area contributed by atoms with Gasteiger partial charge in [-0.25, -0.2) is 0 Å². The molecule has 0 aromatic heterocycles. The normalized spacial score (nSPS) is 21.5. The molecule has 0 bridgehead atoms. The number of piperazine rings is 1. The minimum Gasteiger partial charge on any atom is -0.342 e. The lowest BCUT2D eigenvalue weighted by molar-refractivity contribution is -0.138. The third-order valence-corrected chi connectivity index (χ3v) is 4.28. The maximum atomic E-state index is 12.2. The van der Waals surface area contributed by atoms with Crippen LogP contribution in [0.3, 0.4) is 0 Å². The molecule has 21 heavy (non-hydrogen) atoms. The van der Waals surface area contributed by atoms with E-state index < -0.39 is 5.54 Å². The van der Waals surface area contributed by atoms with Crippen LogP contribution >= 0.6 is 0 Å². The van der Waals surface area contributed by atoms with E-state index in [9.17, 15) is 9.59 Å². The van der Waals surface area contributed by atoms with Gasteiger partial charge in [-0.3, -0.25) is 14.5 Å². The molecule has 6 heteroatoms. The first-order valence-corrected chi connectivity index (χ1v) is 7.96. The molecule has 0 spiro atoms. The molecule has 0 radical (unpaired) electrons. The molecule has 0 unspecified atom stereocenters. The zero-order valence-corrected chi connectivity index (χ0v) is 13.3. The summed E-state index contributed by atoms with van der Waals surface area (Å²) in [5, 5.41) is 0. The minimum absolute atomic E-state index is 0.00972. The van der Waals surface area contributed by atoms with Crippen molar-refractivity contribution >= 4 is 11.8 Å². The number of nitrogens with zero attached hydrogens (tertiary/aromatic N) is 3. The monoisotopic (exact) mass is 296 g/mol.